The molecule has 4 nitrogen and oxygen atoms in total. The Morgan fingerprint density at radius 1 is 1.17 bits per heavy atom. The smallest absolute Gasteiger partial charge is 0.274 e. The van der Waals surface area contributed by atoms with Crippen LogP contribution in [-0.4, -0.2) is 10.5 Å². The maximum absolute atomic E-state index is 13.0. The first-order valence-electron chi connectivity index (χ1n) is 8.38. The van der Waals surface area contributed by atoms with E-state index < -0.39 is 0 Å². The number of carbonyl (C=O) groups is 1. The van der Waals surface area contributed by atoms with Crippen LogP contribution in [0.25, 0.3) is 0 Å². The van der Waals surface area contributed by atoms with Gasteiger partial charge in [0.1, 0.15) is 11.5 Å². The van der Waals surface area contributed by atoms with Crippen molar-refractivity contribution in [3.8, 4) is 0 Å². The minimum atomic E-state index is -0.304. The Hall–Kier alpha value is -2.43. The third kappa shape index (κ3) is 2.75. The normalized spacial score (nSPS) is 24.5. The van der Waals surface area contributed by atoms with Crippen LogP contribution in [0, 0.1) is 23.6 Å². The highest BCUT2D eigenvalue weighted by Gasteiger charge is 2.56. The fraction of sp³-hybridized carbons (Fsp3) is 0.368. The van der Waals surface area contributed by atoms with Gasteiger partial charge in [-0.25, -0.2) is 4.39 Å². The van der Waals surface area contributed by atoms with Crippen LogP contribution in [0.5, 0.6) is 0 Å². The lowest BCUT2D eigenvalue weighted by molar-refractivity contribution is -0.118. The molecule has 1 amide bonds. The van der Waals surface area contributed by atoms with Gasteiger partial charge in [-0.05, 0) is 54.5 Å². The second-order valence-corrected chi connectivity index (χ2v) is 6.76. The van der Waals surface area contributed by atoms with Gasteiger partial charge in [0.15, 0.2) is 0 Å². The van der Waals surface area contributed by atoms with Crippen LogP contribution in [0.1, 0.15) is 24.8 Å². The molecule has 2 fully saturated rings. The number of fused-ring (bicyclic) bond motifs is 1. The number of halogens is 1. The predicted octanol–water partition coefficient (Wildman–Crippen LogP) is 3.02. The summed E-state index contributed by atoms with van der Waals surface area (Å²) in [4.78, 5) is 24.9. The first kappa shape index (κ1) is 15.1. The van der Waals surface area contributed by atoms with Gasteiger partial charge in [-0.1, -0.05) is 18.6 Å². The molecule has 2 atom stereocenters. The Morgan fingerprint density at radius 3 is 2.58 bits per heavy atom. The van der Waals surface area contributed by atoms with Gasteiger partial charge in [0, 0.05) is 12.1 Å². The van der Waals surface area contributed by atoms with Gasteiger partial charge in [-0.15, -0.1) is 0 Å². The molecule has 2 saturated carbocycles. The zero-order valence-corrected chi connectivity index (χ0v) is 13.2. The minimum absolute atomic E-state index is 0.0265. The molecule has 2 aliphatic rings. The molecule has 0 saturated heterocycles. The summed E-state index contributed by atoms with van der Waals surface area (Å²) in [6.45, 7) is 0.345. The van der Waals surface area contributed by atoms with Crippen LogP contribution in [0.2, 0.25) is 0 Å². The van der Waals surface area contributed by atoms with Gasteiger partial charge in [0.25, 0.3) is 5.56 Å². The van der Waals surface area contributed by atoms with Gasteiger partial charge in [-0.3, -0.25) is 9.59 Å². The highest BCUT2D eigenvalue weighted by atomic mass is 19.1. The fourth-order valence-electron chi connectivity index (χ4n) is 3.97. The van der Waals surface area contributed by atoms with Gasteiger partial charge in [-0.2, -0.15) is 0 Å². The molecular formula is C19H19FN2O2. The molecule has 1 aromatic heterocycles. The molecule has 0 bridgehead atoms. The lowest BCUT2D eigenvalue weighted by Crippen LogP contribution is -2.27. The van der Waals surface area contributed by atoms with E-state index in [-0.39, 0.29) is 23.2 Å². The van der Waals surface area contributed by atoms with Crippen molar-refractivity contribution in [2.45, 2.75) is 25.8 Å². The number of carbonyl (C=O) groups excluding carboxylic acids is 1. The summed E-state index contributed by atoms with van der Waals surface area (Å²) in [6, 6.07) is 9.43. The van der Waals surface area contributed by atoms with Gasteiger partial charge < -0.3 is 9.88 Å². The third-order valence-corrected chi connectivity index (χ3v) is 5.25. The van der Waals surface area contributed by atoms with Crippen molar-refractivity contribution >= 4 is 11.6 Å². The summed E-state index contributed by atoms with van der Waals surface area (Å²) < 4.78 is 14.5. The zero-order valence-electron chi connectivity index (χ0n) is 13.2. The Kier molecular flexibility index (Phi) is 3.71. The van der Waals surface area contributed by atoms with E-state index in [1.165, 1.54) is 23.1 Å². The fourth-order valence-corrected chi connectivity index (χ4v) is 3.97. The van der Waals surface area contributed by atoms with Crippen LogP contribution in [-0.2, 0) is 11.3 Å². The number of aromatic nitrogens is 1. The number of pyridine rings is 1. The molecule has 24 heavy (non-hydrogen) atoms. The molecule has 0 aliphatic heterocycles. The molecule has 2 aromatic rings. The van der Waals surface area contributed by atoms with E-state index in [0.717, 1.165) is 18.4 Å². The minimum Gasteiger partial charge on any atom is -0.321 e. The van der Waals surface area contributed by atoms with Crippen LogP contribution in [0.4, 0.5) is 10.1 Å². The highest BCUT2D eigenvalue weighted by molar-refractivity contribution is 5.94. The first-order valence-corrected chi connectivity index (χ1v) is 8.38. The molecule has 2 aliphatic carbocycles. The summed E-state index contributed by atoms with van der Waals surface area (Å²) in [5, 5.41) is 2.80. The van der Waals surface area contributed by atoms with E-state index in [4.69, 9.17) is 0 Å². The second-order valence-electron chi connectivity index (χ2n) is 6.76. The number of amides is 1. The van der Waals surface area contributed by atoms with Gasteiger partial charge >= 0.3 is 0 Å². The number of hydrogen-bond donors (Lipinski definition) is 1. The predicted molar refractivity (Wildman–Crippen MR) is 89.2 cm³/mol. The van der Waals surface area contributed by atoms with Crippen molar-refractivity contribution < 1.29 is 9.18 Å². The van der Waals surface area contributed by atoms with E-state index in [1.54, 1.807) is 30.5 Å². The Morgan fingerprint density at radius 2 is 1.88 bits per heavy atom. The quantitative estimate of drug-likeness (QED) is 0.939. The van der Waals surface area contributed by atoms with Crippen LogP contribution in [0.15, 0.2) is 47.4 Å². The van der Waals surface area contributed by atoms with E-state index in [0.29, 0.717) is 24.1 Å². The van der Waals surface area contributed by atoms with Crippen molar-refractivity contribution in [2.75, 3.05) is 5.32 Å². The lowest BCUT2D eigenvalue weighted by atomic mass is 10.1. The van der Waals surface area contributed by atoms with E-state index in [1.807, 2.05) is 0 Å². The van der Waals surface area contributed by atoms with Crippen LogP contribution >= 0.6 is 0 Å². The standard InChI is InChI=1S/C19H19FN2O2/c20-13-8-6-12(7-9-13)11-22-10-2-5-16(19(22)24)21-18(23)17-14-3-1-4-15(14)17/h2,5-10,14-15,17H,1,3-4,11H2,(H,21,23)/t14-,15-/m1/s1. The Labute approximate surface area is 139 Å². The van der Waals surface area contributed by atoms with Crippen molar-refractivity contribution in [2.24, 2.45) is 17.8 Å². The van der Waals surface area contributed by atoms with E-state index >= 15 is 0 Å². The molecule has 0 radical (unpaired) electrons. The summed E-state index contributed by atoms with van der Waals surface area (Å²) in [6.07, 6.45) is 5.15. The number of rotatable bonds is 4. The molecule has 124 valence electrons. The monoisotopic (exact) mass is 326 g/mol. The van der Waals surface area contributed by atoms with Crippen molar-refractivity contribution in [1.82, 2.24) is 4.57 Å². The zero-order chi connectivity index (χ0) is 16.7. The summed E-state index contributed by atoms with van der Waals surface area (Å²) in [5.41, 5.74) is 0.911. The highest BCUT2D eigenvalue weighted by Crippen LogP contribution is 2.57. The molecule has 5 heteroatoms. The molecule has 1 N–H and O–H groups in total. The number of anilines is 1. The number of nitrogens with zero attached hydrogens (tertiary/aromatic N) is 1. The van der Waals surface area contributed by atoms with E-state index in [9.17, 15) is 14.0 Å². The maximum atomic E-state index is 13.0. The molecule has 1 aromatic carbocycles. The number of nitrogens with one attached hydrogen (secondary N) is 1. The Bertz CT molecular complexity index is 818. The average Bonchev–Trinajstić information content (AvgIpc) is 3.06. The summed E-state index contributed by atoms with van der Waals surface area (Å²) >= 11 is 0. The van der Waals surface area contributed by atoms with E-state index in [2.05, 4.69) is 5.32 Å². The molecule has 0 unspecified atom stereocenters. The SMILES string of the molecule is O=C(Nc1cccn(Cc2ccc(F)cc2)c1=O)C1[C@@H]2CCC[C@@H]12. The topological polar surface area (TPSA) is 51.1 Å². The Balaban J connectivity index is 1.49. The summed E-state index contributed by atoms with van der Waals surface area (Å²) in [5.74, 6) is 0.803. The largest absolute Gasteiger partial charge is 0.321 e. The van der Waals surface area contributed by atoms with Gasteiger partial charge in [0.2, 0.25) is 5.91 Å². The molecule has 0 spiro atoms. The van der Waals surface area contributed by atoms with Crippen molar-refractivity contribution in [3.05, 3.63) is 64.3 Å². The maximum Gasteiger partial charge on any atom is 0.274 e. The average molecular weight is 326 g/mol. The first-order chi connectivity index (χ1) is 11.6. The number of hydrogen-bond acceptors (Lipinski definition) is 2. The third-order valence-electron chi connectivity index (χ3n) is 5.25. The summed E-state index contributed by atoms with van der Waals surface area (Å²) in [7, 11) is 0. The van der Waals surface area contributed by atoms with Gasteiger partial charge in [0.05, 0.1) is 6.54 Å². The second kappa shape index (κ2) is 5.89. The van der Waals surface area contributed by atoms with Crippen LogP contribution in [0.3, 0.4) is 0 Å². The van der Waals surface area contributed by atoms with Crippen molar-refractivity contribution in [3.63, 3.8) is 0 Å². The lowest BCUT2D eigenvalue weighted by Gasteiger charge is -2.10. The molecule has 1 heterocycles. The van der Waals surface area contributed by atoms with Crippen LogP contribution < -0.4 is 10.9 Å². The molecule has 4 rings (SSSR count). The molecular weight excluding hydrogens is 307 g/mol. The number of benzene rings is 1. The van der Waals surface area contributed by atoms with Crippen molar-refractivity contribution in [1.29, 1.82) is 0 Å².